The van der Waals surface area contributed by atoms with Crippen molar-refractivity contribution in [2.75, 3.05) is 0 Å². The molecular weight excluding hydrogens is 240 g/mol. The van der Waals surface area contributed by atoms with E-state index in [1.807, 2.05) is 0 Å². The third kappa shape index (κ3) is 2.30. The van der Waals surface area contributed by atoms with Gasteiger partial charge in [-0.25, -0.2) is 0 Å². The fraction of sp³-hybridized carbons (Fsp3) is 0.400. The Kier molecular flexibility index (Phi) is 2.93. The molecule has 0 saturated heterocycles. The highest BCUT2D eigenvalue weighted by Gasteiger charge is 2.26. The molecule has 0 aromatic carbocycles. The van der Waals surface area contributed by atoms with Gasteiger partial charge in [-0.2, -0.15) is 0 Å². The van der Waals surface area contributed by atoms with E-state index in [-0.39, 0.29) is 5.91 Å². The molecule has 2 aromatic rings. The van der Waals surface area contributed by atoms with E-state index in [9.17, 15) is 4.79 Å². The molecule has 4 heteroatoms. The number of furan rings is 1. The number of nitrogens with zero attached hydrogens (tertiary/aromatic N) is 1. The maximum absolute atomic E-state index is 11.8. The standard InChI is InChI=1S/C15H18N2O2/c1-10-8-12(11(2)17(10)13-5-6-13)9-16-15(18)14-4-3-7-19-14/h3-4,7-8,13H,5-6,9H2,1-2H3,(H,16,18). The Hall–Kier alpha value is -1.97. The number of nitrogens with one attached hydrogen (secondary N) is 1. The first-order chi connectivity index (χ1) is 9.16. The van der Waals surface area contributed by atoms with Crippen molar-refractivity contribution < 1.29 is 9.21 Å². The lowest BCUT2D eigenvalue weighted by atomic mass is 10.2. The summed E-state index contributed by atoms with van der Waals surface area (Å²) in [7, 11) is 0. The van der Waals surface area contributed by atoms with E-state index in [2.05, 4.69) is 29.8 Å². The molecule has 1 fully saturated rings. The number of carbonyl (C=O) groups excluding carboxylic acids is 1. The van der Waals surface area contributed by atoms with Crippen LogP contribution in [-0.2, 0) is 6.54 Å². The number of amides is 1. The Bertz CT molecular complexity index is 592. The molecule has 1 aliphatic rings. The van der Waals surface area contributed by atoms with Crippen molar-refractivity contribution in [1.29, 1.82) is 0 Å². The van der Waals surface area contributed by atoms with Crippen LogP contribution in [-0.4, -0.2) is 10.5 Å². The van der Waals surface area contributed by atoms with Gasteiger partial charge in [-0.1, -0.05) is 0 Å². The Morgan fingerprint density at radius 3 is 2.89 bits per heavy atom. The quantitative estimate of drug-likeness (QED) is 0.916. The molecule has 2 aromatic heterocycles. The van der Waals surface area contributed by atoms with Gasteiger partial charge in [0.1, 0.15) is 0 Å². The molecule has 0 radical (unpaired) electrons. The maximum atomic E-state index is 11.8. The van der Waals surface area contributed by atoms with Crippen LogP contribution in [0.2, 0.25) is 0 Å². The van der Waals surface area contributed by atoms with Gasteiger partial charge < -0.3 is 14.3 Å². The summed E-state index contributed by atoms with van der Waals surface area (Å²) in [6.45, 7) is 4.80. The molecule has 0 atom stereocenters. The van der Waals surface area contributed by atoms with Crippen LogP contribution < -0.4 is 5.32 Å². The molecule has 0 bridgehead atoms. The zero-order chi connectivity index (χ0) is 13.4. The van der Waals surface area contributed by atoms with Crippen molar-refractivity contribution in [2.45, 2.75) is 39.3 Å². The molecule has 3 rings (SSSR count). The van der Waals surface area contributed by atoms with Crippen LogP contribution in [0.4, 0.5) is 0 Å². The van der Waals surface area contributed by atoms with Crippen molar-refractivity contribution >= 4 is 5.91 Å². The zero-order valence-corrected chi connectivity index (χ0v) is 11.3. The number of hydrogen-bond donors (Lipinski definition) is 1. The van der Waals surface area contributed by atoms with Gasteiger partial charge in [0.05, 0.1) is 6.26 Å². The number of hydrogen-bond acceptors (Lipinski definition) is 2. The highest BCUT2D eigenvalue weighted by Crippen LogP contribution is 2.38. The highest BCUT2D eigenvalue weighted by atomic mass is 16.3. The Morgan fingerprint density at radius 1 is 1.47 bits per heavy atom. The minimum Gasteiger partial charge on any atom is -0.459 e. The fourth-order valence-corrected chi connectivity index (χ4v) is 2.59. The van der Waals surface area contributed by atoms with Crippen molar-refractivity contribution in [3.8, 4) is 0 Å². The van der Waals surface area contributed by atoms with Crippen molar-refractivity contribution in [3.05, 3.63) is 47.2 Å². The highest BCUT2D eigenvalue weighted by molar-refractivity contribution is 5.91. The first kappa shape index (κ1) is 12.1. The molecule has 1 N–H and O–H groups in total. The Morgan fingerprint density at radius 2 is 2.26 bits per heavy atom. The van der Waals surface area contributed by atoms with E-state index in [0.29, 0.717) is 18.3 Å². The van der Waals surface area contributed by atoms with E-state index in [1.54, 1.807) is 12.1 Å². The minimum absolute atomic E-state index is 0.166. The van der Waals surface area contributed by atoms with E-state index in [1.165, 1.54) is 36.1 Å². The van der Waals surface area contributed by atoms with Crippen LogP contribution in [0.15, 0.2) is 28.9 Å². The van der Waals surface area contributed by atoms with Crippen LogP contribution in [0.25, 0.3) is 0 Å². The normalized spacial score (nSPS) is 14.6. The van der Waals surface area contributed by atoms with E-state index < -0.39 is 0 Å². The van der Waals surface area contributed by atoms with Gasteiger partial charge in [-0.15, -0.1) is 0 Å². The van der Waals surface area contributed by atoms with E-state index in [4.69, 9.17) is 4.42 Å². The second-order valence-electron chi connectivity index (χ2n) is 5.16. The van der Waals surface area contributed by atoms with Gasteiger partial charge in [-0.05, 0) is 50.5 Å². The largest absolute Gasteiger partial charge is 0.459 e. The van der Waals surface area contributed by atoms with Gasteiger partial charge >= 0.3 is 0 Å². The number of carbonyl (C=O) groups is 1. The molecule has 100 valence electrons. The topological polar surface area (TPSA) is 47.2 Å². The molecule has 1 aliphatic carbocycles. The number of aryl methyl sites for hydroxylation is 1. The monoisotopic (exact) mass is 258 g/mol. The first-order valence-electron chi connectivity index (χ1n) is 6.66. The van der Waals surface area contributed by atoms with Crippen LogP contribution in [0.5, 0.6) is 0 Å². The SMILES string of the molecule is Cc1cc(CNC(=O)c2ccco2)c(C)n1C1CC1. The summed E-state index contributed by atoms with van der Waals surface area (Å²) >= 11 is 0. The summed E-state index contributed by atoms with van der Waals surface area (Å²) in [6.07, 6.45) is 4.05. The second kappa shape index (κ2) is 4.61. The Balaban J connectivity index is 1.70. The lowest BCUT2D eigenvalue weighted by molar-refractivity contribution is 0.0923. The predicted octanol–water partition coefficient (Wildman–Crippen LogP) is 2.96. The predicted molar refractivity (Wildman–Crippen MR) is 72.1 cm³/mol. The zero-order valence-electron chi connectivity index (χ0n) is 11.3. The van der Waals surface area contributed by atoms with Crippen LogP contribution in [0, 0.1) is 13.8 Å². The van der Waals surface area contributed by atoms with Crippen LogP contribution in [0.3, 0.4) is 0 Å². The maximum Gasteiger partial charge on any atom is 0.287 e. The molecule has 19 heavy (non-hydrogen) atoms. The van der Waals surface area contributed by atoms with Gasteiger partial charge in [0, 0.05) is 24.0 Å². The van der Waals surface area contributed by atoms with Crippen LogP contribution in [0.1, 0.15) is 46.4 Å². The number of aromatic nitrogens is 1. The fourth-order valence-electron chi connectivity index (χ4n) is 2.59. The van der Waals surface area contributed by atoms with Crippen molar-refractivity contribution in [2.24, 2.45) is 0 Å². The summed E-state index contributed by atoms with van der Waals surface area (Å²) < 4.78 is 7.46. The molecular formula is C15H18N2O2. The van der Waals surface area contributed by atoms with E-state index in [0.717, 1.165) is 0 Å². The summed E-state index contributed by atoms with van der Waals surface area (Å²) in [4.78, 5) is 11.8. The average Bonchev–Trinajstić information content (AvgIpc) is 2.98. The second-order valence-corrected chi connectivity index (χ2v) is 5.16. The summed E-state index contributed by atoms with van der Waals surface area (Å²) in [5.41, 5.74) is 3.73. The molecule has 0 aliphatic heterocycles. The molecule has 1 saturated carbocycles. The molecule has 1 amide bonds. The lowest BCUT2D eigenvalue weighted by Crippen LogP contribution is -2.22. The van der Waals surface area contributed by atoms with Gasteiger partial charge in [0.25, 0.3) is 5.91 Å². The third-order valence-electron chi connectivity index (χ3n) is 3.69. The summed E-state index contributed by atoms with van der Waals surface area (Å²) in [5, 5.41) is 2.90. The van der Waals surface area contributed by atoms with Gasteiger partial charge in [-0.3, -0.25) is 4.79 Å². The molecule has 4 nitrogen and oxygen atoms in total. The summed E-state index contributed by atoms with van der Waals surface area (Å²) in [5.74, 6) is 0.192. The van der Waals surface area contributed by atoms with Crippen molar-refractivity contribution in [3.63, 3.8) is 0 Å². The van der Waals surface area contributed by atoms with E-state index >= 15 is 0 Å². The summed E-state index contributed by atoms with van der Waals surface area (Å²) in [6, 6.07) is 6.22. The van der Waals surface area contributed by atoms with Crippen molar-refractivity contribution in [1.82, 2.24) is 9.88 Å². The Labute approximate surface area is 112 Å². The molecule has 2 heterocycles. The third-order valence-corrected chi connectivity index (χ3v) is 3.69. The lowest BCUT2D eigenvalue weighted by Gasteiger charge is -2.08. The number of rotatable bonds is 4. The average molecular weight is 258 g/mol. The van der Waals surface area contributed by atoms with Gasteiger partial charge in [0.2, 0.25) is 0 Å². The molecule has 0 spiro atoms. The molecule has 0 unspecified atom stereocenters. The first-order valence-corrected chi connectivity index (χ1v) is 6.66. The van der Waals surface area contributed by atoms with Crippen LogP contribution >= 0.6 is 0 Å². The minimum atomic E-state index is -0.166. The smallest absolute Gasteiger partial charge is 0.287 e. The van der Waals surface area contributed by atoms with Gasteiger partial charge in [0.15, 0.2) is 5.76 Å².